The molecule has 3 N–H and O–H groups in total. The SMILES string of the molecule is CCCCCCCCC/C=C\CCCCCCCC(=O)OCCCCCCCCC/C=C\CCCCCCCC(=O)NC(CO)C(O)/C=C/CCCCCCCCCCCCCCC. The van der Waals surface area contributed by atoms with Crippen LogP contribution in [-0.4, -0.2) is 47.4 Å². The molecule has 6 nitrogen and oxygen atoms in total. The molecule has 0 bridgehead atoms. The Morgan fingerprint density at radius 2 is 0.734 bits per heavy atom. The summed E-state index contributed by atoms with van der Waals surface area (Å²) in [6, 6.07) is -0.640. The van der Waals surface area contributed by atoms with Crippen LogP contribution < -0.4 is 5.32 Å². The molecular weight excluding hydrogens is 791 g/mol. The molecule has 0 aromatic rings. The predicted molar refractivity (Wildman–Crippen MR) is 278 cm³/mol. The van der Waals surface area contributed by atoms with Gasteiger partial charge in [-0.3, -0.25) is 9.59 Å². The lowest BCUT2D eigenvalue weighted by molar-refractivity contribution is -0.143. The minimum atomic E-state index is -0.855. The summed E-state index contributed by atoms with van der Waals surface area (Å²) >= 11 is 0. The van der Waals surface area contributed by atoms with Crippen molar-refractivity contribution in [2.75, 3.05) is 13.2 Å². The summed E-state index contributed by atoms with van der Waals surface area (Å²) in [6.07, 6.45) is 65.8. The highest BCUT2D eigenvalue weighted by molar-refractivity contribution is 5.76. The highest BCUT2D eigenvalue weighted by Gasteiger charge is 2.18. The van der Waals surface area contributed by atoms with Crippen molar-refractivity contribution in [3.8, 4) is 0 Å². The maximum absolute atomic E-state index is 12.4. The number of amides is 1. The molecule has 64 heavy (non-hydrogen) atoms. The van der Waals surface area contributed by atoms with Gasteiger partial charge in [-0.15, -0.1) is 0 Å². The molecule has 6 heteroatoms. The van der Waals surface area contributed by atoms with Gasteiger partial charge in [0.15, 0.2) is 0 Å². The van der Waals surface area contributed by atoms with E-state index in [1.165, 1.54) is 205 Å². The van der Waals surface area contributed by atoms with Crippen LogP contribution in [0.3, 0.4) is 0 Å². The predicted octanol–water partition coefficient (Wildman–Crippen LogP) is 17.2. The van der Waals surface area contributed by atoms with E-state index in [9.17, 15) is 19.8 Å². The number of aliphatic hydroxyl groups is 2. The Hall–Kier alpha value is -1.92. The van der Waals surface area contributed by atoms with Crippen molar-refractivity contribution >= 4 is 11.9 Å². The molecule has 0 aromatic heterocycles. The van der Waals surface area contributed by atoms with Crippen molar-refractivity contribution in [2.24, 2.45) is 0 Å². The third-order valence-electron chi connectivity index (χ3n) is 12.9. The second-order valence-corrected chi connectivity index (χ2v) is 19.3. The van der Waals surface area contributed by atoms with Crippen LogP contribution in [-0.2, 0) is 14.3 Å². The molecule has 0 aliphatic rings. The first-order valence-corrected chi connectivity index (χ1v) is 28.3. The van der Waals surface area contributed by atoms with Crippen molar-refractivity contribution < 1.29 is 24.5 Å². The standard InChI is InChI=1S/C58H109NO5/c1-3-5-7-9-11-13-15-17-19-24-28-32-36-40-44-48-52-58(63)64-53-49-45-41-37-33-29-25-21-20-23-27-31-35-39-43-47-51-57(62)59-55(54-60)56(61)50-46-42-38-34-30-26-22-18-16-14-12-10-8-6-4-2/h19-20,23-24,46,50,55-56,60-61H,3-18,21-22,25-45,47-49,51-54H2,1-2H3,(H,59,62)/b23-20-,24-19-,50-46+. The summed E-state index contributed by atoms with van der Waals surface area (Å²) in [7, 11) is 0. The molecule has 0 heterocycles. The molecule has 376 valence electrons. The van der Waals surface area contributed by atoms with Crippen LogP contribution in [0.4, 0.5) is 0 Å². The van der Waals surface area contributed by atoms with E-state index in [4.69, 9.17) is 4.74 Å². The van der Waals surface area contributed by atoms with Crippen LogP contribution in [0.5, 0.6) is 0 Å². The van der Waals surface area contributed by atoms with Gasteiger partial charge in [-0.2, -0.15) is 0 Å². The van der Waals surface area contributed by atoms with E-state index in [1.807, 2.05) is 6.08 Å². The fourth-order valence-corrected chi connectivity index (χ4v) is 8.50. The third kappa shape index (κ3) is 49.5. The molecule has 2 unspecified atom stereocenters. The largest absolute Gasteiger partial charge is 0.466 e. The van der Waals surface area contributed by atoms with Gasteiger partial charge in [0.1, 0.15) is 0 Å². The van der Waals surface area contributed by atoms with Gasteiger partial charge in [-0.1, -0.05) is 237 Å². The Morgan fingerprint density at radius 3 is 1.11 bits per heavy atom. The monoisotopic (exact) mass is 900 g/mol. The average molecular weight is 901 g/mol. The fraction of sp³-hybridized carbons (Fsp3) is 0.862. The molecule has 0 rings (SSSR count). The molecule has 0 aliphatic carbocycles. The smallest absolute Gasteiger partial charge is 0.305 e. The van der Waals surface area contributed by atoms with Crippen molar-refractivity contribution in [1.29, 1.82) is 0 Å². The Morgan fingerprint density at radius 1 is 0.422 bits per heavy atom. The Labute approximate surface area is 398 Å². The number of hydrogen-bond acceptors (Lipinski definition) is 5. The van der Waals surface area contributed by atoms with E-state index in [2.05, 4.69) is 43.5 Å². The van der Waals surface area contributed by atoms with Gasteiger partial charge in [0.2, 0.25) is 5.91 Å². The van der Waals surface area contributed by atoms with Crippen LogP contribution in [0, 0.1) is 0 Å². The van der Waals surface area contributed by atoms with Gasteiger partial charge in [0.25, 0.3) is 0 Å². The maximum atomic E-state index is 12.4. The highest BCUT2D eigenvalue weighted by atomic mass is 16.5. The van der Waals surface area contributed by atoms with E-state index in [0.717, 1.165) is 64.2 Å². The van der Waals surface area contributed by atoms with Crippen LogP contribution in [0.25, 0.3) is 0 Å². The minimum absolute atomic E-state index is 0.0115. The Balaban J connectivity index is 3.50. The van der Waals surface area contributed by atoms with E-state index < -0.39 is 12.1 Å². The quantitative estimate of drug-likeness (QED) is 0.0321. The molecule has 1 amide bonds. The molecule has 0 aromatic carbocycles. The summed E-state index contributed by atoms with van der Waals surface area (Å²) in [5, 5.41) is 23.1. The third-order valence-corrected chi connectivity index (χ3v) is 12.9. The number of esters is 1. The van der Waals surface area contributed by atoms with Crippen molar-refractivity contribution in [2.45, 2.75) is 309 Å². The van der Waals surface area contributed by atoms with Crippen molar-refractivity contribution in [3.05, 3.63) is 36.5 Å². The first-order valence-electron chi connectivity index (χ1n) is 28.3. The Kier molecular flexibility index (Phi) is 52.1. The summed E-state index contributed by atoms with van der Waals surface area (Å²) in [5.41, 5.74) is 0. The van der Waals surface area contributed by atoms with Crippen LogP contribution in [0.2, 0.25) is 0 Å². The van der Waals surface area contributed by atoms with Crippen molar-refractivity contribution in [1.82, 2.24) is 5.32 Å². The lowest BCUT2D eigenvalue weighted by atomic mass is 10.0. The highest BCUT2D eigenvalue weighted by Crippen LogP contribution is 2.15. The van der Waals surface area contributed by atoms with E-state index in [1.54, 1.807) is 6.08 Å². The maximum Gasteiger partial charge on any atom is 0.305 e. The summed E-state index contributed by atoms with van der Waals surface area (Å²) in [5.74, 6) is -0.0966. The number of rotatable bonds is 52. The number of ether oxygens (including phenoxy) is 1. The lowest BCUT2D eigenvalue weighted by Gasteiger charge is -2.20. The van der Waals surface area contributed by atoms with Gasteiger partial charge in [-0.25, -0.2) is 0 Å². The van der Waals surface area contributed by atoms with Gasteiger partial charge in [0, 0.05) is 12.8 Å². The number of hydrogen-bond donors (Lipinski definition) is 3. The number of carbonyl (C=O) groups is 2. The van der Waals surface area contributed by atoms with Gasteiger partial charge in [-0.05, 0) is 83.5 Å². The molecule has 0 fully saturated rings. The first kappa shape index (κ1) is 62.1. The van der Waals surface area contributed by atoms with Crippen LogP contribution in [0.15, 0.2) is 36.5 Å². The number of unbranched alkanes of at least 4 members (excludes halogenated alkanes) is 37. The fourth-order valence-electron chi connectivity index (χ4n) is 8.50. The zero-order valence-corrected chi connectivity index (χ0v) is 42.8. The van der Waals surface area contributed by atoms with Gasteiger partial charge >= 0.3 is 5.97 Å². The second kappa shape index (κ2) is 53.7. The van der Waals surface area contributed by atoms with E-state index in [0.29, 0.717) is 19.4 Å². The molecule has 0 saturated heterocycles. The number of nitrogens with one attached hydrogen (secondary N) is 1. The van der Waals surface area contributed by atoms with Gasteiger partial charge in [0.05, 0.1) is 25.4 Å². The topological polar surface area (TPSA) is 95.9 Å². The van der Waals surface area contributed by atoms with Crippen LogP contribution >= 0.6 is 0 Å². The normalized spacial score (nSPS) is 12.9. The summed E-state index contributed by atoms with van der Waals surface area (Å²) < 4.78 is 5.47. The van der Waals surface area contributed by atoms with Crippen molar-refractivity contribution in [3.63, 3.8) is 0 Å². The molecule has 0 spiro atoms. The second-order valence-electron chi connectivity index (χ2n) is 19.3. The molecular formula is C58H109NO5. The Bertz CT molecular complexity index is 1040. The van der Waals surface area contributed by atoms with Gasteiger partial charge < -0.3 is 20.3 Å². The summed E-state index contributed by atoms with van der Waals surface area (Å²) in [6.45, 7) is 4.87. The number of allylic oxidation sites excluding steroid dienone is 5. The van der Waals surface area contributed by atoms with E-state index >= 15 is 0 Å². The average Bonchev–Trinajstić information content (AvgIpc) is 3.29. The zero-order valence-electron chi connectivity index (χ0n) is 42.8. The molecule has 0 radical (unpaired) electrons. The molecule has 0 aliphatic heterocycles. The number of carbonyl (C=O) groups excluding carboxylic acids is 2. The minimum Gasteiger partial charge on any atom is -0.466 e. The van der Waals surface area contributed by atoms with E-state index in [-0.39, 0.29) is 18.5 Å². The molecule has 2 atom stereocenters. The molecule has 0 saturated carbocycles. The lowest BCUT2D eigenvalue weighted by Crippen LogP contribution is -2.45. The first-order chi connectivity index (χ1) is 31.5. The zero-order chi connectivity index (χ0) is 46.5. The van der Waals surface area contributed by atoms with Crippen LogP contribution in [0.1, 0.15) is 296 Å². The summed E-state index contributed by atoms with van der Waals surface area (Å²) in [4.78, 5) is 24.5. The number of aliphatic hydroxyl groups excluding tert-OH is 2.